The van der Waals surface area contributed by atoms with Crippen LogP contribution in [0.3, 0.4) is 0 Å². The molecule has 0 bridgehead atoms. The Kier molecular flexibility index (Phi) is 5.88. The Bertz CT molecular complexity index is 498. The highest BCUT2D eigenvalue weighted by molar-refractivity contribution is 7.99. The van der Waals surface area contributed by atoms with Crippen LogP contribution in [0.25, 0.3) is 0 Å². The van der Waals surface area contributed by atoms with Crippen LogP contribution in [0.5, 0.6) is 0 Å². The predicted octanol–water partition coefficient (Wildman–Crippen LogP) is 4.16. The Hall–Kier alpha value is -1.00. The van der Waals surface area contributed by atoms with Crippen LogP contribution in [0.2, 0.25) is 0 Å². The molecule has 4 heteroatoms. The van der Waals surface area contributed by atoms with E-state index in [9.17, 15) is 4.79 Å². The van der Waals surface area contributed by atoms with E-state index in [4.69, 9.17) is 5.73 Å². The average Bonchev–Trinajstić information content (AvgIpc) is 2.34. The lowest BCUT2D eigenvalue weighted by Gasteiger charge is -2.21. The fourth-order valence-electron chi connectivity index (χ4n) is 1.65. The molecule has 0 saturated heterocycles. The number of hydrogen-bond acceptors (Lipinski definition) is 3. The van der Waals surface area contributed by atoms with Crippen molar-refractivity contribution in [3.63, 3.8) is 0 Å². The summed E-state index contributed by atoms with van der Waals surface area (Å²) in [6, 6.07) is 5.98. The van der Waals surface area contributed by atoms with E-state index < -0.39 is 5.41 Å². The molecule has 1 aromatic rings. The average molecular weight is 308 g/mol. The van der Waals surface area contributed by atoms with Gasteiger partial charge in [0.1, 0.15) is 0 Å². The van der Waals surface area contributed by atoms with E-state index in [1.54, 1.807) is 0 Å². The lowest BCUT2D eigenvalue weighted by Crippen LogP contribution is -2.27. The van der Waals surface area contributed by atoms with Gasteiger partial charge in [-0.15, -0.1) is 0 Å². The van der Waals surface area contributed by atoms with Crippen molar-refractivity contribution in [3.05, 3.63) is 29.3 Å². The second kappa shape index (κ2) is 6.84. The molecule has 1 rings (SSSR count). The number of carbonyl (C=O) groups is 1. The van der Waals surface area contributed by atoms with Gasteiger partial charge in [-0.3, -0.25) is 4.79 Å². The zero-order valence-corrected chi connectivity index (χ0v) is 14.9. The van der Waals surface area contributed by atoms with E-state index in [0.717, 1.165) is 17.0 Å². The van der Waals surface area contributed by atoms with Gasteiger partial charge < -0.3 is 11.1 Å². The van der Waals surface area contributed by atoms with Gasteiger partial charge in [0.05, 0.1) is 0 Å². The zero-order chi connectivity index (χ0) is 16.3. The van der Waals surface area contributed by atoms with Gasteiger partial charge in [0, 0.05) is 28.1 Å². The van der Waals surface area contributed by atoms with Gasteiger partial charge in [-0.05, 0) is 23.3 Å². The summed E-state index contributed by atoms with van der Waals surface area (Å²) in [4.78, 5) is 12.1. The number of hydrogen-bond donors (Lipinski definition) is 2. The third-order valence-electron chi connectivity index (χ3n) is 3.03. The summed E-state index contributed by atoms with van der Waals surface area (Å²) >= 11 is 1.88. The molecular formula is C17H28N2OS. The van der Waals surface area contributed by atoms with Crippen molar-refractivity contribution < 1.29 is 4.79 Å². The first-order chi connectivity index (χ1) is 9.53. The number of anilines is 1. The smallest absolute Gasteiger partial charge is 0.229 e. The Labute approximate surface area is 133 Å². The SMILES string of the molecule is CC(C)(C)SCc1cc(NC(=O)C(C)(C)C)ccc1CN. The molecule has 118 valence electrons. The second-order valence-electron chi connectivity index (χ2n) is 7.29. The number of nitrogens with two attached hydrogens (primary N) is 1. The fourth-order valence-corrected chi connectivity index (χ4v) is 2.51. The van der Waals surface area contributed by atoms with Crippen LogP contribution in [0, 0.1) is 5.41 Å². The van der Waals surface area contributed by atoms with E-state index in [2.05, 4.69) is 26.1 Å². The third-order valence-corrected chi connectivity index (χ3v) is 4.35. The fraction of sp³-hybridized carbons (Fsp3) is 0.588. The molecule has 1 aromatic carbocycles. The van der Waals surface area contributed by atoms with Crippen molar-refractivity contribution in [2.45, 2.75) is 58.6 Å². The van der Waals surface area contributed by atoms with E-state index in [1.165, 1.54) is 5.56 Å². The first-order valence-electron chi connectivity index (χ1n) is 7.30. The normalized spacial score (nSPS) is 12.3. The number of thioether (sulfide) groups is 1. The summed E-state index contributed by atoms with van der Waals surface area (Å²) < 4.78 is 0.205. The van der Waals surface area contributed by atoms with Gasteiger partial charge >= 0.3 is 0 Å². The quantitative estimate of drug-likeness (QED) is 0.878. The lowest BCUT2D eigenvalue weighted by molar-refractivity contribution is -0.123. The van der Waals surface area contributed by atoms with Crippen LogP contribution in [-0.4, -0.2) is 10.7 Å². The van der Waals surface area contributed by atoms with Crippen molar-refractivity contribution in [2.24, 2.45) is 11.1 Å². The van der Waals surface area contributed by atoms with E-state index >= 15 is 0 Å². The van der Waals surface area contributed by atoms with E-state index in [1.807, 2.05) is 50.7 Å². The molecule has 0 aliphatic carbocycles. The molecule has 0 spiro atoms. The standard InChI is InChI=1S/C17H28N2OS/c1-16(2,3)15(20)19-14-8-7-12(10-18)13(9-14)11-21-17(4,5)6/h7-9H,10-11,18H2,1-6H3,(H,19,20). The largest absolute Gasteiger partial charge is 0.326 e. The minimum Gasteiger partial charge on any atom is -0.326 e. The molecule has 3 N–H and O–H groups in total. The Balaban J connectivity index is 2.92. The molecule has 0 saturated carbocycles. The summed E-state index contributed by atoms with van der Waals surface area (Å²) in [6.07, 6.45) is 0. The third kappa shape index (κ3) is 6.10. The summed E-state index contributed by atoms with van der Waals surface area (Å²) in [6.45, 7) is 12.8. The molecule has 0 aliphatic rings. The summed E-state index contributed by atoms with van der Waals surface area (Å²) in [5, 5.41) is 2.98. The minimum absolute atomic E-state index is 0.0254. The summed E-state index contributed by atoms with van der Waals surface area (Å²) in [5.74, 6) is 0.923. The van der Waals surface area contributed by atoms with Crippen molar-refractivity contribution in [2.75, 3.05) is 5.32 Å². The van der Waals surface area contributed by atoms with Crippen LogP contribution in [0.15, 0.2) is 18.2 Å². The Morgan fingerprint density at radius 1 is 1.14 bits per heavy atom. The lowest BCUT2D eigenvalue weighted by atomic mass is 9.95. The maximum Gasteiger partial charge on any atom is 0.229 e. The van der Waals surface area contributed by atoms with Gasteiger partial charge in [0.25, 0.3) is 0 Å². The molecule has 0 heterocycles. The van der Waals surface area contributed by atoms with E-state index in [0.29, 0.717) is 6.54 Å². The van der Waals surface area contributed by atoms with Crippen LogP contribution >= 0.6 is 11.8 Å². The maximum absolute atomic E-state index is 12.1. The molecule has 1 amide bonds. The van der Waals surface area contributed by atoms with Gasteiger partial charge in [-0.2, -0.15) is 11.8 Å². The second-order valence-corrected chi connectivity index (χ2v) is 9.09. The van der Waals surface area contributed by atoms with Gasteiger partial charge in [0.2, 0.25) is 5.91 Å². The topological polar surface area (TPSA) is 55.1 Å². The highest BCUT2D eigenvalue weighted by Gasteiger charge is 2.21. The molecule has 0 aliphatic heterocycles. The number of benzene rings is 1. The van der Waals surface area contributed by atoms with Crippen molar-refractivity contribution in [1.29, 1.82) is 0 Å². The number of rotatable bonds is 4. The first kappa shape index (κ1) is 18.1. The molecule has 0 fully saturated rings. The molecule has 0 atom stereocenters. The highest BCUT2D eigenvalue weighted by Crippen LogP contribution is 2.30. The van der Waals surface area contributed by atoms with Gasteiger partial charge in [0.15, 0.2) is 0 Å². The molecule has 3 nitrogen and oxygen atoms in total. The molecule has 0 unspecified atom stereocenters. The minimum atomic E-state index is -0.396. The highest BCUT2D eigenvalue weighted by atomic mass is 32.2. The molecule has 0 radical (unpaired) electrons. The molecule has 21 heavy (non-hydrogen) atoms. The first-order valence-corrected chi connectivity index (χ1v) is 8.29. The summed E-state index contributed by atoms with van der Waals surface area (Å²) in [7, 11) is 0. The van der Waals surface area contributed by atoms with Crippen LogP contribution in [-0.2, 0) is 17.1 Å². The van der Waals surface area contributed by atoms with Gasteiger partial charge in [-0.1, -0.05) is 47.6 Å². The maximum atomic E-state index is 12.1. The number of carbonyl (C=O) groups excluding carboxylic acids is 1. The predicted molar refractivity (Wildman–Crippen MR) is 93.5 cm³/mol. The van der Waals surface area contributed by atoms with Crippen LogP contribution in [0.1, 0.15) is 52.7 Å². The number of nitrogens with one attached hydrogen (secondary N) is 1. The molecule has 0 aromatic heterocycles. The Morgan fingerprint density at radius 2 is 1.76 bits per heavy atom. The zero-order valence-electron chi connectivity index (χ0n) is 14.0. The van der Waals surface area contributed by atoms with Gasteiger partial charge in [-0.25, -0.2) is 0 Å². The van der Waals surface area contributed by atoms with Crippen molar-refractivity contribution >= 4 is 23.4 Å². The number of amides is 1. The van der Waals surface area contributed by atoms with Crippen molar-refractivity contribution in [1.82, 2.24) is 0 Å². The van der Waals surface area contributed by atoms with E-state index in [-0.39, 0.29) is 10.7 Å². The van der Waals surface area contributed by atoms with Crippen LogP contribution in [0.4, 0.5) is 5.69 Å². The summed E-state index contributed by atoms with van der Waals surface area (Å²) in [5.41, 5.74) is 8.60. The monoisotopic (exact) mass is 308 g/mol. The Morgan fingerprint density at radius 3 is 2.24 bits per heavy atom. The van der Waals surface area contributed by atoms with Crippen LogP contribution < -0.4 is 11.1 Å². The van der Waals surface area contributed by atoms with Crippen molar-refractivity contribution in [3.8, 4) is 0 Å². The molecular weight excluding hydrogens is 280 g/mol.